The van der Waals surface area contributed by atoms with Gasteiger partial charge in [0.25, 0.3) is 17.7 Å². The lowest BCUT2D eigenvalue weighted by molar-refractivity contribution is 0.101. The molecular formula is C24H19N3O4S2. The van der Waals surface area contributed by atoms with Gasteiger partial charge in [-0.2, -0.15) is 0 Å². The Hall–Kier alpha value is -3.95. The molecule has 9 heteroatoms. The summed E-state index contributed by atoms with van der Waals surface area (Å²) < 4.78 is 5.25. The number of anilines is 3. The van der Waals surface area contributed by atoms with Gasteiger partial charge in [-0.25, -0.2) is 0 Å². The summed E-state index contributed by atoms with van der Waals surface area (Å²) in [5.74, 6) is -0.297. The van der Waals surface area contributed by atoms with Crippen molar-refractivity contribution in [3.05, 3.63) is 92.8 Å². The van der Waals surface area contributed by atoms with Crippen molar-refractivity contribution in [1.82, 2.24) is 0 Å². The fourth-order valence-corrected chi connectivity index (χ4v) is 4.19. The Morgan fingerprint density at radius 2 is 1.30 bits per heavy atom. The van der Waals surface area contributed by atoms with Gasteiger partial charge in [0, 0.05) is 17.3 Å². The van der Waals surface area contributed by atoms with E-state index in [-0.39, 0.29) is 17.7 Å². The number of methoxy groups -OCH3 is 1. The number of rotatable bonds is 7. The van der Waals surface area contributed by atoms with E-state index >= 15 is 0 Å². The molecular weight excluding hydrogens is 458 g/mol. The maximum absolute atomic E-state index is 12.8. The monoisotopic (exact) mass is 477 g/mol. The van der Waals surface area contributed by atoms with E-state index in [0.29, 0.717) is 38.1 Å². The highest BCUT2D eigenvalue weighted by molar-refractivity contribution is 7.12. The standard InChI is InChI=1S/C24H19N3O4S2/c1-31-17-10-11-18(19(14-17)27-24(30)21-5-3-13-33-21)26-22(28)15-6-8-16(9-7-15)25-23(29)20-4-2-12-32-20/h2-14H,1H3,(H,25,29)(H,26,28)(H,27,30). The summed E-state index contributed by atoms with van der Waals surface area (Å²) in [7, 11) is 1.53. The van der Waals surface area contributed by atoms with Crippen LogP contribution in [-0.2, 0) is 0 Å². The second kappa shape index (κ2) is 10.1. The van der Waals surface area contributed by atoms with Crippen LogP contribution < -0.4 is 20.7 Å². The Kier molecular flexibility index (Phi) is 6.82. The summed E-state index contributed by atoms with van der Waals surface area (Å²) in [6, 6.07) is 18.6. The van der Waals surface area contributed by atoms with Crippen molar-refractivity contribution < 1.29 is 19.1 Å². The lowest BCUT2D eigenvalue weighted by Gasteiger charge is -2.14. The van der Waals surface area contributed by atoms with Crippen LogP contribution in [0, 0.1) is 0 Å². The molecule has 0 aliphatic heterocycles. The first-order valence-corrected chi connectivity index (χ1v) is 11.6. The van der Waals surface area contributed by atoms with Gasteiger partial charge in [0.05, 0.1) is 28.2 Å². The summed E-state index contributed by atoms with van der Waals surface area (Å²) in [5.41, 5.74) is 1.83. The molecule has 0 unspecified atom stereocenters. The Morgan fingerprint density at radius 1 is 0.697 bits per heavy atom. The molecule has 4 aromatic rings. The number of benzene rings is 2. The Morgan fingerprint density at radius 3 is 1.88 bits per heavy atom. The summed E-state index contributed by atoms with van der Waals surface area (Å²) in [6.07, 6.45) is 0. The van der Waals surface area contributed by atoms with Gasteiger partial charge in [0.15, 0.2) is 0 Å². The number of amides is 3. The van der Waals surface area contributed by atoms with Crippen LogP contribution in [0.4, 0.5) is 17.1 Å². The van der Waals surface area contributed by atoms with Crippen molar-refractivity contribution in [2.24, 2.45) is 0 Å². The zero-order valence-electron chi connectivity index (χ0n) is 17.5. The molecule has 2 aromatic carbocycles. The molecule has 0 atom stereocenters. The molecule has 7 nitrogen and oxygen atoms in total. The normalized spacial score (nSPS) is 10.3. The first-order chi connectivity index (χ1) is 16.0. The number of hydrogen-bond donors (Lipinski definition) is 3. The van der Waals surface area contributed by atoms with E-state index in [1.165, 1.54) is 29.8 Å². The van der Waals surface area contributed by atoms with Crippen molar-refractivity contribution >= 4 is 57.5 Å². The van der Waals surface area contributed by atoms with Crippen molar-refractivity contribution in [2.45, 2.75) is 0 Å². The predicted octanol–water partition coefficient (Wildman–Crippen LogP) is 5.58. The average Bonchev–Trinajstić information content (AvgIpc) is 3.55. The average molecular weight is 478 g/mol. The van der Waals surface area contributed by atoms with Crippen LogP contribution >= 0.6 is 22.7 Å². The van der Waals surface area contributed by atoms with Crippen LogP contribution in [0.25, 0.3) is 0 Å². The van der Waals surface area contributed by atoms with Crippen LogP contribution in [0.3, 0.4) is 0 Å². The largest absolute Gasteiger partial charge is 0.497 e. The fraction of sp³-hybridized carbons (Fsp3) is 0.0417. The third kappa shape index (κ3) is 5.46. The molecule has 3 amide bonds. The molecule has 33 heavy (non-hydrogen) atoms. The van der Waals surface area contributed by atoms with Gasteiger partial charge in [-0.05, 0) is 59.3 Å². The number of thiophene rings is 2. The van der Waals surface area contributed by atoms with Crippen LogP contribution in [0.1, 0.15) is 29.7 Å². The number of nitrogens with one attached hydrogen (secondary N) is 3. The van der Waals surface area contributed by atoms with E-state index in [2.05, 4.69) is 16.0 Å². The van der Waals surface area contributed by atoms with E-state index in [1.54, 1.807) is 60.7 Å². The smallest absolute Gasteiger partial charge is 0.265 e. The SMILES string of the molecule is COc1ccc(NC(=O)c2ccc(NC(=O)c3cccs3)cc2)c(NC(=O)c2cccs2)c1. The molecule has 0 spiro atoms. The maximum Gasteiger partial charge on any atom is 0.265 e. The molecule has 166 valence electrons. The van der Waals surface area contributed by atoms with Gasteiger partial charge in [0.1, 0.15) is 5.75 Å². The first kappa shape index (κ1) is 22.3. The first-order valence-electron chi connectivity index (χ1n) is 9.82. The summed E-state index contributed by atoms with van der Waals surface area (Å²) in [6.45, 7) is 0. The predicted molar refractivity (Wildman–Crippen MR) is 132 cm³/mol. The molecule has 0 radical (unpaired) electrons. The number of carbonyl (C=O) groups is 3. The van der Waals surface area contributed by atoms with E-state index < -0.39 is 0 Å². The number of ether oxygens (including phenoxy) is 1. The Balaban J connectivity index is 1.47. The second-order valence-electron chi connectivity index (χ2n) is 6.81. The lowest BCUT2D eigenvalue weighted by atomic mass is 10.1. The molecule has 0 fully saturated rings. The van der Waals surface area contributed by atoms with Gasteiger partial charge in [-0.15, -0.1) is 22.7 Å². The second-order valence-corrected chi connectivity index (χ2v) is 8.70. The molecule has 3 N–H and O–H groups in total. The quantitative estimate of drug-likeness (QED) is 0.324. The molecule has 0 aliphatic carbocycles. The van der Waals surface area contributed by atoms with Gasteiger partial charge < -0.3 is 20.7 Å². The van der Waals surface area contributed by atoms with Gasteiger partial charge in [-0.3, -0.25) is 14.4 Å². The fourth-order valence-electron chi connectivity index (χ4n) is 2.95. The number of carbonyl (C=O) groups excluding carboxylic acids is 3. The molecule has 0 saturated heterocycles. The maximum atomic E-state index is 12.8. The zero-order valence-corrected chi connectivity index (χ0v) is 19.1. The highest BCUT2D eigenvalue weighted by Gasteiger charge is 2.15. The van der Waals surface area contributed by atoms with E-state index in [1.807, 2.05) is 16.8 Å². The number of hydrogen-bond acceptors (Lipinski definition) is 6. The van der Waals surface area contributed by atoms with Crippen molar-refractivity contribution in [1.29, 1.82) is 0 Å². The molecule has 0 saturated carbocycles. The molecule has 0 aliphatic rings. The van der Waals surface area contributed by atoms with Crippen LogP contribution in [0.2, 0.25) is 0 Å². The van der Waals surface area contributed by atoms with Crippen molar-refractivity contribution in [3.8, 4) is 5.75 Å². The minimum atomic E-state index is -0.358. The van der Waals surface area contributed by atoms with Gasteiger partial charge in [-0.1, -0.05) is 12.1 Å². The molecule has 2 aromatic heterocycles. The van der Waals surface area contributed by atoms with Crippen molar-refractivity contribution in [2.75, 3.05) is 23.1 Å². The molecule has 0 bridgehead atoms. The summed E-state index contributed by atoms with van der Waals surface area (Å²) in [4.78, 5) is 38.7. The highest BCUT2D eigenvalue weighted by Crippen LogP contribution is 2.28. The van der Waals surface area contributed by atoms with Crippen LogP contribution in [0.5, 0.6) is 5.75 Å². The Bertz CT molecular complexity index is 1270. The van der Waals surface area contributed by atoms with Gasteiger partial charge >= 0.3 is 0 Å². The third-order valence-corrected chi connectivity index (χ3v) is 6.36. The highest BCUT2D eigenvalue weighted by atomic mass is 32.1. The van der Waals surface area contributed by atoms with Crippen molar-refractivity contribution in [3.63, 3.8) is 0 Å². The van der Waals surface area contributed by atoms with Crippen LogP contribution in [0.15, 0.2) is 77.5 Å². The van der Waals surface area contributed by atoms with E-state index in [9.17, 15) is 14.4 Å². The van der Waals surface area contributed by atoms with E-state index in [0.717, 1.165) is 0 Å². The summed E-state index contributed by atoms with van der Waals surface area (Å²) in [5, 5.41) is 12.1. The molecule has 2 heterocycles. The minimum absolute atomic E-state index is 0.202. The lowest BCUT2D eigenvalue weighted by Crippen LogP contribution is -2.16. The Labute approximate surface area is 198 Å². The van der Waals surface area contributed by atoms with Crippen LogP contribution in [-0.4, -0.2) is 24.8 Å². The molecule has 4 rings (SSSR count). The summed E-state index contributed by atoms with van der Waals surface area (Å²) >= 11 is 2.67. The zero-order chi connectivity index (χ0) is 23.2. The third-order valence-electron chi connectivity index (χ3n) is 4.62. The minimum Gasteiger partial charge on any atom is -0.497 e. The van der Waals surface area contributed by atoms with E-state index in [4.69, 9.17) is 4.74 Å². The topological polar surface area (TPSA) is 96.5 Å². The van der Waals surface area contributed by atoms with Gasteiger partial charge in [0.2, 0.25) is 0 Å².